The zero-order valence-corrected chi connectivity index (χ0v) is 29.3. The van der Waals surface area contributed by atoms with E-state index in [1.54, 1.807) is 0 Å². The summed E-state index contributed by atoms with van der Waals surface area (Å²) in [7, 11) is -0.0109. The predicted molar refractivity (Wildman–Crippen MR) is 158 cm³/mol. The minimum atomic E-state index is -1.26. The van der Waals surface area contributed by atoms with Crippen molar-refractivity contribution in [2.45, 2.75) is 69.2 Å². The molecule has 0 N–H and O–H groups in total. The standard InChI is InChI=1S/C15H22BN6.C10H20N2P.2CO.W/c1-10-7-13(4)20(17-10)16(21-14(5)8-11(2)18-21)22-15(6)9-12(3)19-22;1-6-11(7-2)10(13-5)12(8-3)9-4;2*1-2;/h7-9,16H,1-6H3;6-9H2,1-4H3;;;/q-1;;;;+1. The molecule has 0 atom stereocenters. The van der Waals surface area contributed by atoms with Crippen LogP contribution in [0, 0.1) is 58.8 Å². The van der Waals surface area contributed by atoms with Crippen molar-refractivity contribution in [2.75, 3.05) is 26.2 Å². The zero-order valence-electron chi connectivity index (χ0n) is 25.5. The Bertz CT molecular complexity index is 1170. The Morgan fingerprint density at radius 3 is 1.18 bits per heavy atom. The van der Waals surface area contributed by atoms with Crippen molar-refractivity contribution >= 4 is 20.9 Å². The van der Waals surface area contributed by atoms with Gasteiger partial charge in [-0.15, -0.1) is 0 Å². The van der Waals surface area contributed by atoms with E-state index in [1.807, 2.05) is 20.8 Å². The molecule has 3 aromatic heterocycles. The Labute approximate surface area is 252 Å². The molecule has 13 heteroatoms. The van der Waals surface area contributed by atoms with Crippen LogP contribution in [-0.2, 0) is 28.5 Å². The summed E-state index contributed by atoms with van der Waals surface area (Å²) in [6.45, 7) is 34.5. The molecular formula is C27H42BN8O2PW. The van der Waals surface area contributed by atoms with E-state index in [9.17, 15) is 0 Å². The van der Waals surface area contributed by atoms with Crippen LogP contribution in [0.4, 0.5) is 0 Å². The molecule has 0 unspecified atom stereocenters. The molecule has 0 bridgehead atoms. The minimum absolute atomic E-state index is 1.01. The van der Waals surface area contributed by atoms with E-state index in [1.165, 1.54) is 32.9 Å². The predicted octanol–water partition coefficient (Wildman–Crippen LogP) is 3.88. The summed E-state index contributed by atoms with van der Waals surface area (Å²) in [4.78, 5) is 4.84. The molecule has 40 heavy (non-hydrogen) atoms. The maximum atomic E-state index is 7.50. The van der Waals surface area contributed by atoms with Crippen molar-refractivity contribution in [1.82, 2.24) is 38.9 Å². The number of aromatic nitrogens is 6. The van der Waals surface area contributed by atoms with Gasteiger partial charge < -0.3 is 13.8 Å². The first-order valence-electron chi connectivity index (χ1n) is 13.2. The van der Waals surface area contributed by atoms with Gasteiger partial charge in [-0.25, -0.2) is 15.3 Å². The van der Waals surface area contributed by atoms with Gasteiger partial charge in [-0.1, -0.05) is 0 Å². The van der Waals surface area contributed by atoms with Crippen molar-refractivity contribution < 1.29 is 28.5 Å². The zero-order chi connectivity index (χ0) is 31.0. The van der Waals surface area contributed by atoms with E-state index < -0.39 is 7.12 Å². The first kappa shape index (κ1) is 37.7. The number of hydrogen-bond donors (Lipinski definition) is 0. The number of aryl methyl sites for hydroxylation is 6. The Kier molecular flexibility index (Phi) is 18.6. The van der Waals surface area contributed by atoms with E-state index in [0.29, 0.717) is 0 Å². The summed E-state index contributed by atoms with van der Waals surface area (Å²) in [5.41, 5.74) is 7.82. The Balaban J connectivity index is 0.000000736. The van der Waals surface area contributed by atoms with E-state index in [4.69, 9.17) is 24.6 Å². The van der Waals surface area contributed by atoms with Gasteiger partial charge >= 0.3 is 130 Å². The van der Waals surface area contributed by atoms with Crippen LogP contribution < -0.4 is 0 Å². The topological polar surface area (TPSA) is 99.7 Å². The summed E-state index contributed by atoms with van der Waals surface area (Å²) in [5.74, 6) is 0. The van der Waals surface area contributed by atoms with Gasteiger partial charge in [-0.3, -0.25) is 0 Å². The molecule has 0 aliphatic carbocycles. The second-order valence-corrected chi connectivity index (χ2v) is 11.8. The van der Waals surface area contributed by atoms with Crippen LogP contribution in [-0.4, -0.2) is 77.7 Å². The molecule has 0 amide bonds. The fourth-order valence-electron chi connectivity index (χ4n) is 4.66. The molecule has 0 radical (unpaired) electrons. The molecule has 10 nitrogen and oxygen atoms in total. The van der Waals surface area contributed by atoms with Crippen LogP contribution >= 0.6 is 8.20 Å². The molecule has 216 valence electrons. The molecule has 0 fully saturated rings. The average Bonchev–Trinajstić information content (AvgIpc) is 3.58. The third kappa shape index (κ3) is 10.3. The SMILES string of the molecule is CCN(CC)C(=P[C]#[W+])N(CC)CC.Cc1cc(C)n([BH-](n2nc(C)cc2C)n2nc(C)cc2C)n1.[C-]#[O+].[C-]#[O+]. The molecular weight excluding hydrogens is 694 g/mol. The van der Waals surface area contributed by atoms with E-state index >= 15 is 0 Å². The summed E-state index contributed by atoms with van der Waals surface area (Å²) in [5, 5.41) is 14.1. The summed E-state index contributed by atoms with van der Waals surface area (Å²) < 4.78 is 24.5. The first-order chi connectivity index (χ1) is 19.1. The van der Waals surface area contributed by atoms with Gasteiger partial charge in [0.15, 0.2) is 0 Å². The molecule has 0 aromatic carbocycles. The summed E-state index contributed by atoms with van der Waals surface area (Å²) in [6.07, 6.45) is 0. The number of rotatable bonds is 9. The van der Waals surface area contributed by atoms with Gasteiger partial charge in [-0.2, -0.15) is 0 Å². The van der Waals surface area contributed by atoms with Crippen molar-refractivity contribution in [1.29, 1.82) is 0 Å². The quantitative estimate of drug-likeness (QED) is 0.144. The molecule has 0 spiro atoms. The van der Waals surface area contributed by atoms with E-state index in [-0.39, 0.29) is 0 Å². The van der Waals surface area contributed by atoms with Crippen LogP contribution in [0.15, 0.2) is 18.2 Å². The van der Waals surface area contributed by atoms with Crippen LogP contribution in [0.5, 0.6) is 0 Å². The Hall–Kier alpha value is -2.27. The molecule has 3 heterocycles. The van der Waals surface area contributed by atoms with Gasteiger partial charge in [0.1, 0.15) is 0 Å². The molecule has 0 aliphatic heterocycles. The van der Waals surface area contributed by atoms with Crippen LogP contribution in [0.1, 0.15) is 61.9 Å². The normalized spacial score (nSPS) is 10.3. The van der Waals surface area contributed by atoms with Crippen LogP contribution in [0.2, 0.25) is 0 Å². The number of hydrogen-bond acceptors (Lipinski definition) is 3. The number of nitrogens with zero attached hydrogens (tertiary/aromatic N) is 8. The fraction of sp³-hybridized carbons (Fsp3) is 0.519. The molecule has 0 saturated carbocycles. The fourth-order valence-corrected chi connectivity index (χ4v) is 6.47. The third-order valence-corrected chi connectivity index (χ3v) is 8.19. The van der Waals surface area contributed by atoms with Crippen LogP contribution in [0.3, 0.4) is 0 Å². The van der Waals surface area contributed by atoms with Crippen molar-refractivity contribution in [3.63, 3.8) is 0 Å². The van der Waals surface area contributed by atoms with Crippen molar-refractivity contribution in [3.8, 4) is 3.94 Å². The third-order valence-electron chi connectivity index (χ3n) is 6.35. The summed E-state index contributed by atoms with van der Waals surface area (Å²) >= 11 is 1.43. The van der Waals surface area contributed by atoms with Gasteiger partial charge in [0.25, 0.3) is 0 Å². The maximum absolute atomic E-state index is 7.50. The van der Waals surface area contributed by atoms with Gasteiger partial charge in [0.05, 0.1) is 17.1 Å². The Morgan fingerprint density at radius 1 is 0.725 bits per heavy atom. The average molecular weight is 736 g/mol. The second-order valence-electron chi connectivity index (χ2n) is 9.05. The molecule has 0 aliphatic rings. The van der Waals surface area contributed by atoms with Gasteiger partial charge in [0.2, 0.25) is 0 Å². The molecule has 3 rings (SSSR count). The van der Waals surface area contributed by atoms with E-state index in [2.05, 4.69) is 107 Å². The first-order valence-corrected chi connectivity index (χ1v) is 15.6. The molecule has 3 aromatic rings. The van der Waals surface area contributed by atoms with Gasteiger partial charge in [0, 0.05) is 0 Å². The molecule has 0 saturated heterocycles. The second kappa shape index (κ2) is 19.7. The van der Waals surface area contributed by atoms with Crippen molar-refractivity contribution in [3.05, 3.63) is 65.7 Å². The van der Waals surface area contributed by atoms with Gasteiger partial charge in [-0.05, 0) is 76.8 Å². The Morgan fingerprint density at radius 2 is 1.00 bits per heavy atom. The van der Waals surface area contributed by atoms with Crippen molar-refractivity contribution in [2.24, 2.45) is 0 Å². The monoisotopic (exact) mass is 736 g/mol. The van der Waals surface area contributed by atoms with Crippen LogP contribution in [0.25, 0.3) is 0 Å². The summed E-state index contributed by atoms with van der Waals surface area (Å²) in [6, 6.07) is 6.28. The van der Waals surface area contributed by atoms with E-state index in [0.717, 1.165) is 60.3 Å².